The number of methoxy groups -OCH3 is 1. The predicted octanol–water partition coefficient (Wildman–Crippen LogP) is 5.23. The van der Waals surface area contributed by atoms with Crippen LogP contribution in [0.2, 0.25) is 0 Å². The van der Waals surface area contributed by atoms with E-state index in [1.165, 1.54) is 6.07 Å². The van der Waals surface area contributed by atoms with Crippen molar-refractivity contribution in [1.82, 2.24) is 0 Å². The summed E-state index contributed by atoms with van der Waals surface area (Å²) in [5.41, 5.74) is 2.80. The standard InChI is InChI=1S/C15H13BrClFO/c1-9-3-4-11(8-14(9)19-2)15(17)10-5-6-13(18)12(16)7-10/h3-8,15H,1-2H3. The zero-order valence-electron chi connectivity index (χ0n) is 10.6. The van der Waals surface area contributed by atoms with Crippen molar-refractivity contribution in [2.45, 2.75) is 12.3 Å². The summed E-state index contributed by atoms with van der Waals surface area (Å²) in [6.07, 6.45) is 0. The van der Waals surface area contributed by atoms with Gasteiger partial charge in [0.1, 0.15) is 11.6 Å². The van der Waals surface area contributed by atoms with Crippen molar-refractivity contribution in [2.24, 2.45) is 0 Å². The van der Waals surface area contributed by atoms with Crippen molar-refractivity contribution in [3.8, 4) is 5.75 Å². The number of aryl methyl sites for hydroxylation is 1. The molecule has 0 radical (unpaired) electrons. The normalized spacial score (nSPS) is 12.3. The van der Waals surface area contributed by atoms with Gasteiger partial charge in [0.15, 0.2) is 0 Å². The van der Waals surface area contributed by atoms with Gasteiger partial charge in [-0.05, 0) is 57.7 Å². The quantitative estimate of drug-likeness (QED) is 0.693. The van der Waals surface area contributed by atoms with Crippen LogP contribution in [0.3, 0.4) is 0 Å². The fourth-order valence-electron chi connectivity index (χ4n) is 1.86. The molecule has 1 nitrogen and oxygen atoms in total. The molecule has 0 heterocycles. The fraction of sp³-hybridized carbons (Fsp3) is 0.200. The molecule has 0 N–H and O–H groups in total. The summed E-state index contributed by atoms with van der Waals surface area (Å²) in [5, 5.41) is -0.341. The van der Waals surface area contributed by atoms with Crippen LogP contribution in [-0.2, 0) is 0 Å². The third-order valence-electron chi connectivity index (χ3n) is 2.96. The SMILES string of the molecule is COc1cc(C(Cl)c2ccc(F)c(Br)c2)ccc1C. The number of ether oxygens (including phenoxy) is 1. The van der Waals surface area contributed by atoms with E-state index in [-0.39, 0.29) is 11.2 Å². The van der Waals surface area contributed by atoms with E-state index in [2.05, 4.69) is 15.9 Å². The van der Waals surface area contributed by atoms with Crippen molar-refractivity contribution in [3.05, 3.63) is 63.4 Å². The molecule has 2 rings (SSSR count). The predicted molar refractivity (Wildman–Crippen MR) is 79.5 cm³/mol. The Morgan fingerprint density at radius 2 is 1.79 bits per heavy atom. The van der Waals surface area contributed by atoms with Gasteiger partial charge in [-0.2, -0.15) is 0 Å². The molecule has 0 fully saturated rings. The monoisotopic (exact) mass is 342 g/mol. The Balaban J connectivity index is 2.37. The molecule has 0 aliphatic heterocycles. The number of hydrogen-bond acceptors (Lipinski definition) is 1. The molecule has 0 spiro atoms. The summed E-state index contributed by atoms with van der Waals surface area (Å²) in [7, 11) is 1.63. The second-order valence-electron chi connectivity index (χ2n) is 4.27. The number of rotatable bonds is 3. The Morgan fingerprint density at radius 3 is 2.42 bits per heavy atom. The lowest BCUT2D eigenvalue weighted by atomic mass is 10.0. The molecule has 1 atom stereocenters. The molecule has 0 aromatic heterocycles. The lowest BCUT2D eigenvalue weighted by Gasteiger charge is -2.13. The van der Waals surface area contributed by atoms with Crippen LogP contribution in [0, 0.1) is 12.7 Å². The highest BCUT2D eigenvalue weighted by Gasteiger charge is 2.14. The molecule has 0 saturated carbocycles. The molecule has 2 aromatic rings. The lowest BCUT2D eigenvalue weighted by molar-refractivity contribution is 0.411. The van der Waals surface area contributed by atoms with Crippen LogP contribution in [-0.4, -0.2) is 7.11 Å². The third kappa shape index (κ3) is 3.10. The third-order valence-corrected chi connectivity index (χ3v) is 4.07. The average Bonchev–Trinajstić information content (AvgIpc) is 2.41. The van der Waals surface area contributed by atoms with Crippen LogP contribution in [0.25, 0.3) is 0 Å². The first-order chi connectivity index (χ1) is 9.02. The smallest absolute Gasteiger partial charge is 0.137 e. The van der Waals surface area contributed by atoms with E-state index in [4.69, 9.17) is 16.3 Å². The van der Waals surface area contributed by atoms with E-state index in [0.717, 1.165) is 22.4 Å². The first-order valence-electron chi connectivity index (χ1n) is 5.76. The molecular weight excluding hydrogens is 331 g/mol. The van der Waals surface area contributed by atoms with Crippen molar-refractivity contribution < 1.29 is 9.13 Å². The molecule has 2 aromatic carbocycles. The number of halogens is 3. The Labute approximate surface area is 125 Å². The van der Waals surface area contributed by atoms with Gasteiger partial charge in [0.05, 0.1) is 17.0 Å². The molecule has 0 aliphatic carbocycles. The van der Waals surface area contributed by atoms with Crippen molar-refractivity contribution in [1.29, 1.82) is 0 Å². The van der Waals surface area contributed by atoms with E-state index >= 15 is 0 Å². The van der Waals surface area contributed by atoms with Crippen LogP contribution in [0.15, 0.2) is 40.9 Å². The molecule has 0 bridgehead atoms. The molecule has 0 aliphatic rings. The van der Waals surface area contributed by atoms with Crippen LogP contribution in [0.5, 0.6) is 5.75 Å². The molecule has 4 heteroatoms. The second kappa shape index (κ2) is 5.93. The highest BCUT2D eigenvalue weighted by atomic mass is 79.9. The molecule has 0 amide bonds. The maximum atomic E-state index is 13.2. The zero-order valence-corrected chi connectivity index (χ0v) is 12.9. The zero-order chi connectivity index (χ0) is 14.0. The topological polar surface area (TPSA) is 9.23 Å². The first kappa shape index (κ1) is 14.4. The van der Waals surface area contributed by atoms with Gasteiger partial charge in [0.2, 0.25) is 0 Å². The fourth-order valence-corrected chi connectivity index (χ4v) is 2.52. The summed E-state index contributed by atoms with van der Waals surface area (Å²) < 4.78 is 18.9. The molecule has 1 unspecified atom stereocenters. The molecule has 0 saturated heterocycles. The summed E-state index contributed by atoms with van der Waals surface area (Å²) in [5.74, 6) is 0.499. The number of benzene rings is 2. The van der Waals surface area contributed by atoms with Gasteiger partial charge < -0.3 is 4.74 Å². The maximum Gasteiger partial charge on any atom is 0.137 e. The Hall–Kier alpha value is -1.06. The molecule has 19 heavy (non-hydrogen) atoms. The molecular formula is C15H13BrClFO. The van der Waals surface area contributed by atoms with Crippen molar-refractivity contribution in [3.63, 3.8) is 0 Å². The van der Waals surface area contributed by atoms with E-state index in [1.807, 2.05) is 25.1 Å². The Bertz CT molecular complexity index is 601. The van der Waals surface area contributed by atoms with Crippen LogP contribution in [0.4, 0.5) is 4.39 Å². The Morgan fingerprint density at radius 1 is 1.16 bits per heavy atom. The van der Waals surface area contributed by atoms with Gasteiger partial charge in [-0.15, -0.1) is 11.6 Å². The van der Waals surface area contributed by atoms with Gasteiger partial charge in [-0.25, -0.2) is 4.39 Å². The van der Waals surface area contributed by atoms with Crippen molar-refractivity contribution in [2.75, 3.05) is 7.11 Å². The summed E-state index contributed by atoms with van der Waals surface area (Å²) in [6.45, 7) is 1.97. The largest absolute Gasteiger partial charge is 0.496 e. The van der Waals surface area contributed by atoms with Crippen LogP contribution >= 0.6 is 27.5 Å². The summed E-state index contributed by atoms with van der Waals surface area (Å²) in [4.78, 5) is 0. The van der Waals surface area contributed by atoms with Gasteiger partial charge in [0.25, 0.3) is 0 Å². The van der Waals surface area contributed by atoms with E-state index < -0.39 is 0 Å². The minimum atomic E-state index is -0.341. The highest BCUT2D eigenvalue weighted by molar-refractivity contribution is 9.10. The Kier molecular flexibility index (Phi) is 4.48. The summed E-state index contributed by atoms with van der Waals surface area (Å²) in [6, 6.07) is 10.6. The van der Waals surface area contributed by atoms with Gasteiger partial charge in [-0.3, -0.25) is 0 Å². The van der Waals surface area contributed by atoms with Crippen molar-refractivity contribution >= 4 is 27.5 Å². The van der Waals surface area contributed by atoms with Crippen LogP contribution < -0.4 is 4.74 Å². The van der Waals surface area contributed by atoms with E-state index in [9.17, 15) is 4.39 Å². The molecule has 100 valence electrons. The van der Waals surface area contributed by atoms with Gasteiger partial charge in [0, 0.05) is 0 Å². The van der Waals surface area contributed by atoms with Crippen LogP contribution in [0.1, 0.15) is 22.1 Å². The minimum absolute atomic E-state index is 0.297. The number of alkyl halides is 1. The number of hydrogen-bond donors (Lipinski definition) is 0. The maximum absolute atomic E-state index is 13.2. The van der Waals surface area contributed by atoms with E-state index in [1.54, 1.807) is 19.2 Å². The minimum Gasteiger partial charge on any atom is -0.496 e. The van der Waals surface area contributed by atoms with E-state index in [0.29, 0.717) is 4.47 Å². The summed E-state index contributed by atoms with van der Waals surface area (Å²) >= 11 is 9.61. The second-order valence-corrected chi connectivity index (χ2v) is 5.56. The lowest BCUT2D eigenvalue weighted by Crippen LogP contribution is -1.96. The first-order valence-corrected chi connectivity index (χ1v) is 6.99. The average molecular weight is 344 g/mol. The highest BCUT2D eigenvalue weighted by Crippen LogP contribution is 2.33. The van der Waals surface area contributed by atoms with Gasteiger partial charge in [-0.1, -0.05) is 18.2 Å². The van der Waals surface area contributed by atoms with Gasteiger partial charge >= 0.3 is 0 Å².